The summed E-state index contributed by atoms with van der Waals surface area (Å²) >= 11 is 0. The van der Waals surface area contributed by atoms with E-state index in [0.717, 1.165) is 11.8 Å². The van der Waals surface area contributed by atoms with Gasteiger partial charge < -0.3 is 5.32 Å². The van der Waals surface area contributed by atoms with E-state index >= 15 is 0 Å². The van der Waals surface area contributed by atoms with Crippen LogP contribution in [-0.4, -0.2) is 12.1 Å². The van der Waals surface area contributed by atoms with Gasteiger partial charge in [0.1, 0.15) is 0 Å². The van der Waals surface area contributed by atoms with Gasteiger partial charge in [0.05, 0.1) is 0 Å². The molecular formula is C12H23N. The van der Waals surface area contributed by atoms with E-state index in [1.54, 1.807) is 0 Å². The molecular weight excluding hydrogens is 158 g/mol. The molecule has 0 radical (unpaired) electrons. The minimum Gasteiger partial charge on any atom is -0.310 e. The highest BCUT2D eigenvalue weighted by atomic mass is 15.0. The van der Waals surface area contributed by atoms with Gasteiger partial charge in [-0.15, -0.1) is 0 Å². The summed E-state index contributed by atoms with van der Waals surface area (Å²) in [5.41, 5.74) is 0. The van der Waals surface area contributed by atoms with Gasteiger partial charge in [-0.1, -0.05) is 39.8 Å². The van der Waals surface area contributed by atoms with Crippen LogP contribution in [0.5, 0.6) is 0 Å². The van der Waals surface area contributed by atoms with E-state index in [1.807, 2.05) is 0 Å². The molecule has 0 amide bonds. The van der Waals surface area contributed by atoms with Crippen LogP contribution in [0, 0.1) is 11.8 Å². The number of hydrogen-bond donors (Lipinski definition) is 1. The van der Waals surface area contributed by atoms with Gasteiger partial charge in [0, 0.05) is 12.1 Å². The lowest BCUT2D eigenvalue weighted by Crippen LogP contribution is -2.42. The quantitative estimate of drug-likeness (QED) is 0.646. The van der Waals surface area contributed by atoms with Gasteiger partial charge in [-0.05, 0) is 24.7 Å². The molecule has 0 aromatic rings. The molecule has 1 aliphatic heterocycles. The predicted molar refractivity (Wildman–Crippen MR) is 58.8 cm³/mol. The maximum Gasteiger partial charge on any atom is 0.0127 e. The zero-order chi connectivity index (χ0) is 9.84. The van der Waals surface area contributed by atoms with Gasteiger partial charge >= 0.3 is 0 Å². The molecule has 0 spiro atoms. The standard InChI is InChI=1S/C12H23N/c1-9(2)11-7-5-6-8-12(13-11)10(3)4/h5-6,9-13H,7-8H2,1-4H3. The Kier molecular flexibility index (Phi) is 3.98. The van der Waals surface area contributed by atoms with Crippen LogP contribution in [0.15, 0.2) is 12.2 Å². The van der Waals surface area contributed by atoms with E-state index in [0.29, 0.717) is 12.1 Å². The van der Waals surface area contributed by atoms with Gasteiger partial charge in [0.25, 0.3) is 0 Å². The van der Waals surface area contributed by atoms with Gasteiger partial charge in [0.2, 0.25) is 0 Å². The molecule has 1 heteroatoms. The Morgan fingerprint density at radius 2 is 1.31 bits per heavy atom. The molecule has 0 aromatic heterocycles. The third-order valence-electron chi connectivity index (χ3n) is 2.98. The lowest BCUT2D eigenvalue weighted by Gasteiger charge is -2.27. The number of rotatable bonds is 2. The lowest BCUT2D eigenvalue weighted by atomic mass is 9.97. The molecule has 1 heterocycles. The van der Waals surface area contributed by atoms with E-state index in [4.69, 9.17) is 0 Å². The zero-order valence-corrected chi connectivity index (χ0v) is 9.38. The summed E-state index contributed by atoms with van der Waals surface area (Å²) in [5, 5.41) is 3.75. The summed E-state index contributed by atoms with van der Waals surface area (Å²) < 4.78 is 0. The molecule has 2 unspecified atom stereocenters. The second kappa shape index (κ2) is 4.80. The Morgan fingerprint density at radius 1 is 0.923 bits per heavy atom. The minimum absolute atomic E-state index is 0.672. The second-order valence-electron chi connectivity index (χ2n) is 4.81. The van der Waals surface area contributed by atoms with Crippen molar-refractivity contribution in [1.29, 1.82) is 0 Å². The van der Waals surface area contributed by atoms with E-state index in [-0.39, 0.29) is 0 Å². The highest BCUT2D eigenvalue weighted by molar-refractivity contribution is 4.96. The third kappa shape index (κ3) is 3.15. The van der Waals surface area contributed by atoms with Crippen molar-refractivity contribution >= 4 is 0 Å². The molecule has 2 atom stereocenters. The van der Waals surface area contributed by atoms with Gasteiger partial charge in [-0.25, -0.2) is 0 Å². The van der Waals surface area contributed by atoms with E-state index in [1.165, 1.54) is 12.8 Å². The highest BCUT2D eigenvalue weighted by Crippen LogP contribution is 2.17. The van der Waals surface area contributed by atoms with Crippen LogP contribution in [0.3, 0.4) is 0 Å². The number of hydrogen-bond acceptors (Lipinski definition) is 1. The SMILES string of the molecule is CC(C)C1CC=CCC(C(C)C)N1. The van der Waals surface area contributed by atoms with Crippen molar-refractivity contribution in [2.45, 2.75) is 52.6 Å². The molecule has 0 saturated heterocycles. The summed E-state index contributed by atoms with van der Waals surface area (Å²) in [6.45, 7) is 9.20. The Bertz CT molecular complexity index is 152. The molecule has 0 saturated carbocycles. The van der Waals surface area contributed by atoms with E-state index < -0.39 is 0 Å². The fraction of sp³-hybridized carbons (Fsp3) is 0.833. The van der Waals surface area contributed by atoms with Crippen molar-refractivity contribution in [3.05, 3.63) is 12.2 Å². The summed E-state index contributed by atoms with van der Waals surface area (Å²) in [4.78, 5) is 0. The summed E-state index contributed by atoms with van der Waals surface area (Å²) in [6, 6.07) is 1.34. The molecule has 0 aliphatic carbocycles. The van der Waals surface area contributed by atoms with Crippen molar-refractivity contribution in [3.63, 3.8) is 0 Å². The molecule has 1 aliphatic rings. The Morgan fingerprint density at radius 3 is 1.62 bits per heavy atom. The van der Waals surface area contributed by atoms with Crippen molar-refractivity contribution < 1.29 is 0 Å². The average molecular weight is 181 g/mol. The summed E-state index contributed by atoms with van der Waals surface area (Å²) in [6.07, 6.45) is 7.06. The topological polar surface area (TPSA) is 12.0 Å². The first-order valence-electron chi connectivity index (χ1n) is 5.52. The van der Waals surface area contributed by atoms with Crippen LogP contribution < -0.4 is 5.32 Å². The maximum atomic E-state index is 3.75. The first-order valence-corrected chi connectivity index (χ1v) is 5.52. The first-order chi connectivity index (χ1) is 6.11. The predicted octanol–water partition coefficient (Wildman–Crippen LogP) is 2.98. The van der Waals surface area contributed by atoms with Crippen LogP contribution >= 0.6 is 0 Å². The maximum absolute atomic E-state index is 3.75. The zero-order valence-electron chi connectivity index (χ0n) is 9.38. The average Bonchev–Trinajstić information content (AvgIpc) is 2.28. The molecule has 0 aromatic carbocycles. The molecule has 1 N–H and O–H groups in total. The molecule has 76 valence electrons. The monoisotopic (exact) mass is 181 g/mol. The third-order valence-corrected chi connectivity index (χ3v) is 2.98. The fourth-order valence-corrected chi connectivity index (χ4v) is 1.83. The van der Waals surface area contributed by atoms with E-state index in [2.05, 4.69) is 45.2 Å². The van der Waals surface area contributed by atoms with Crippen molar-refractivity contribution in [1.82, 2.24) is 5.32 Å². The Balaban J connectivity index is 2.56. The largest absolute Gasteiger partial charge is 0.310 e. The van der Waals surface area contributed by atoms with Crippen LogP contribution in [0.4, 0.5) is 0 Å². The van der Waals surface area contributed by atoms with Gasteiger partial charge in [0.15, 0.2) is 0 Å². The van der Waals surface area contributed by atoms with Crippen molar-refractivity contribution in [2.75, 3.05) is 0 Å². The summed E-state index contributed by atoms with van der Waals surface area (Å²) in [7, 11) is 0. The fourth-order valence-electron chi connectivity index (χ4n) is 1.83. The van der Waals surface area contributed by atoms with Gasteiger partial charge in [-0.3, -0.25) is 0 Å². The van der Waals surface area contributed by atoms with Crippen LogP contribution in [-0.2, 0) is 0 Å². The molecule has 1 nitrogen and oxygen atoms in total. The normalized spacial score (nSPS) is 29.7. The van der Waals surface area contributed by atoms with E-state index in [9.17, 15) is 0 Å². The Hall–Kier alpha value is -0.300. The van der Waals surface area contributed by atoms with Crippen LogP contribution in [0.2, 0.25) is 0 Å². The van der Waals surface area contributed by atoms with Crippen molar-refractivity contribution in [3.8, 4) is 0 Å². The molecule has 13 heavy (non-hydrogen) atoms. The molecule has 0 fully saturated rings. The Labute approximate surface area is 82.6 Å². The molecule has 0 bridgehead atoms. The smallest absolute Gasteiger partial charge is 0.0127 e. The number of nitrogens with one attached hydrogen (secondary N) is 1. The first kappa shape index (κ1) is 10.8. The van der Waals surface area contributed by atoms with Gasteiger partial charge in [-0.2, -0.15) is 0 Å². The summed E-state index contributed by atoms with van der Waals surface area (Å²) in [5.74, 6) is 1.48. The lowest BCUT2D eigenvalue weighted by molar-refractivity contribution is 0.313. The highest BCUT2D eigenvalue weighted by Gasteiger charge is 2.20. The second-order valence-corrected chi connectivity index (χ2v) is 4.81. The van der Waals surface area contributed by atoms with Crippen LogP contribution in [0.25, 0.3) is 0 Å². The van der Waals surface area contributed by atoms with Crippen LogP contribution in [0.1, 0.15) is 40.5 Å². The molecule has 1 rings (SSSR count). The van der Waals surface area contributed by atoms with Crippen molar-refractivity contribution in [2.24, 2.45) is 11.8 Å². The minimum atomic E-state index is 0.672.